The largest absolute Gasteiger partial charge is 0.477 e. The molecule has 0 aliphatic rings. The van der Waals surface area contributed by atoms with Gasteiger partial charge in [-0.1, -0.05) is 19.9 Å². The summed E-state index contributed by atoms with van der Waals surface area (Å²) in [5.41, 5.74) is 4.13. The van der Waals surface area contributed by atoms with Gasteiger partial charge in [0.05, 0.1) is 4.92 Å². The summed E-state index contributed by atoms with van der Waals surface area (Å²) in [4.78, 5) is 32.6. The summed E-state index contributed by atoms with van der Waals surface area (Å²) in [6.45, 7) is 3.44. The zero-order valence-electron chi connectivity index (χ0n) is 11.0. The fourth-order valence-corrected chi connectivity index (χ4v) is 1.76. The molecule has 0 heterocycles. The number of primary amides is 1. The number of nitrogens with two attached hydrogens (primary N) is 1. The van der Waals surface area contributed by atoms with Gasteiger partial charge in [0.1, 0.15) is 17.3 Å². The number of carboxylic acids is 1. The lowest BCUT2D eigenvalue weighted by Crippen LogP contribution is -2.39. The molecule has 0 aliphatic heterocycles. The number of benzene rings is 1. The molecule has 1 rings (SSSR count). The van der Waals surface area contributed by atoms with Gasteiger partial charge < -0.3 is 16.2 Å². The van der Waals surface area contributed by atoms with E-state index in [1.165, 1.54) is 12.1 Å². The molecule has 1 atom stereocenters. The van der Waals surface area contributed by atoms with E-state index >= 15 is 0 Å². The van der Waals surface area contributed by atoms with Crippen LogP contribution in [-0.2, 0) is 4.79 Å². The van der Waals surface area contributed by atoms with Crippen LogP contribution >= 0.6 is 0 Å². The van der Waals surface area contributed by atoms with Crippen LogP contribution in [0.3, 0.4) is 0 Å². The van der Waals surface area contributed by atoms with E-state index < -0.39 is 34.1 Å². The predicted octanol–water partition coefficient (Wildman–Crippen LogP) is 1.21. The summed E-state index contributed by atoms with van der Waals surface area (Å²) in [5.74, 6) is -2.30. The van der Waals surface area contributed by atoms with Gasteiger partial charge in [-0.25, -0.2) is 4.79 Å². The number of carboxylic acid groups (broad SMARTS) is 1. The molecule has 1 aromatic rings. The van der Waals surface area contributed by atoms with Gasteiger partial charge >= 0.3 is 11.7 Å². The molecule has 0 saturated carbocycles. The molecule has 0 saturated heterocycles. The second kappa shape index (κ2) is 6.00. The lowest BCUT2D eigenvalue weighted by molar-refractivity contribution is -0.384. The summed E-state index contributed by atoms with van der Waals surface area (Å²) >= 11 is 0. The third kappa shape index (κ3) is 3.22. The van der Waals surface area contributed by atoms with Gasteiger partial charge in [-0.05, 0) is 18.1 Å². The van der Waals surface area contributed by atoms with Crippen molar-refractivity contribution in [2.75, 3.05) is 5.32 Å². The highest BCUT2D eigenvalue weighted by molar-refractivity contribution is 5.96. The van der Waals surface area contributed by atoms with E-state index in [4.69, 9.17) is 10.8 Å². The topological polar surface area (TPSA) is 136 Å². The Labute approximate surface area is 114 Å². The Morgan fingerprint density at radius 3 is 2.40 bits per heavy atom. The van der Waals surface area contributed by atoms with Crippen LogP contribution < -0.4 is 11.1 Å². The third-order valence-electron chi connectivity index (χ3n) is 2.73. The number of nitro groups is 1. The van der Waals surface area contributed by atoms with E-state index in [9.17, 15) is 19.7 Å². The van der Waals surface area contributed by atoms with E-state index in [1.807, 2.05) is 0 Å². The third-order valence-corrected chi connectivity index (χ3v) is 2.73. The molecule has 108 valence electrons. The van der Waals surface area contributed by atoms with Crippen LogP contribution in [0.2, 0.25) is 0 Å². The quantitative estimate of drug-likeness (QED) is 0.529. The zero-order chi connectivity index (χ0) is 15.4. The molecule has 0 bridgehead atoms. The van der Waals surface area contributed by atoms with Crippen molar-refractivity contribution in [3.05, 3.63) is 33.9 Å². The number of rotatable bonds is 6. The number of nitrogens with zero attached hydrogens (tertiary/aromatic N) is 1. The number of nitro benzene ring substituents is 1. The summed E-state index contributed by atoms with van der Waals surface area (Å²) < 4.78 is 0. The molecule has 0 radical (unpaired) electrons. The minimum atomic E-state index is -1.42. The molecule has 1 unspecified atom stereocenters. The number of carbonyl (C=O) groups is 2. The summed E-state index contributed by atoms with van der Waals surface area (Å²) in [6, 6.07) is 2.98. The molecular weight excluding hydrogens is 266 g/mol. The molecule has 8 nitrogen and oxygen atoms in total. The van der Waals surface area contributed by atoms with Gasteiger partial charge in [0.25, 0.3) is 0 Å². The summed E-state index contributed by atoms with van der Waals surface area (Å²) in [7, 11) is 0. The van der Waals surface area contributed by atoms with Crippen molar-refractivity contribution >= 4 is 23.3 Å². The van der Waals surface area contributed by atoms with Crippen molar-refractivity contribution in [3.63, 3.8) is 0 Å². The van der Waals surface area contributed by atoms with Crippen LogP contribution in [0.15, 0.2) is 18.2 Å². The first-order chi connectivity index (χ1) is 9.25. The maximum atomic E-state index is 11.3. The second-order valence-electron chi connectivity index (χ2n) is 4.53. The van der Waals surface area contributed by atoms with Gasteiger partial charge in [0.15, 0.2) is 0 Å². The van der Waals surface area contributed by atoms with Crippen LogP contribution in [0, 0.1) is 16.0 Å². The van der Waals surface area contributed by atoms with Crippen molar-refractivity contribution in [2.45, 2.75) is 19.9 Å². The number of amides is 1. The SMILES string of the molecule is CC(C)C(Nc1cccc(C(=O)O)c1[N+](=O)[O-])C(N)=O. The van der Waals surface area contributed by atoms with E-state index in [1.54, 1.807) is 13.8 Å². The maximum Gasteiger partial charge on any atom is 0.342 e. The second-order valence-corrected chi connectivity index (χ2v) is 4.53. The van der Waals surface area contributed by atoms with Crippen molar-refractivity contribution in [1.82, 2.24) is 0 Å². The minimum absolute atomic E-state index is 0.0487. The van der Waals surface area contributed by atoms with Gasteiger partial charge in [0.2, 0.25) is 5.91 Å². The molecule has 0 aliphatic carbocycles. The number of para-hydroxylation sites is 1. The zero-order valence-corrected chi connectivity index (χ0v) is 11.0. The summed E-state index contributed by atoms with van der Waals surface area (Å²) in [6.07, 6.45) is 0. The number of hydrogen-bond acceptors (Lipinski definition) is 5. The Kier molecular flexibility index (Phi) is 4.63. The first-order valence-corrected chi connectivity index (χ1v) is 5.82. The molecule has 0 fully saturated rings. The molecule has 1 aromatic carbocycles. The first-order valence-electron chi connectivity index (χ1n) is 5.82. The molecule has 4 N–H and O–H groups in total. The molecule has 1 amide bonds. The highest BCUT2D eigenvalue weighted by Crippen LogP contribution is 2.29. The van der Waals surface area contributed by atoms with Crippen LogP contribution in [0.4, 0.5) is 11.4 Å². The predicted molar refractivity (Wildman–Crippen MR) is 71.5 cm³/mol. The number of anilines is 1. The Morgan fingerprint density at radius 2 is 2.00 bits per heavy atom. The molecule has 0 aromatic heterocycles. The van der Waals surface area contributed by atoms with Gasteiger partial charge in [-0.15, -0.1) is 0 Å². The normalized spacial score (nSPS) is 11.9. The van der Waals surface area contributed by atoms with E-state index in [0.29, 0.717) is 0 Å². The number of carbonyl (C=O) groups excluding carboxylic acids is 1. The minimum Gasteiger partial charge on any atom is -0.477 e. The number of hydrogen-bond donors (Lipinski definition) is 3. The highest BCUT2D eigenvalue weighted by Gasteiger charge is 2.27. The Balaban J connectivity index is 3.31. The highest BCUT2D eigenvalue weighted by atomic mass is 16.6. The van der Waals surface area contributed by atoms with Crippen LogP contribution in [0.1, 0.15) is 24.2 Å². The Hall–Kier alpha value is -2.64. The maximum absolute atomic E-state index is 11.3. The Morgan fingerprint density at radius 1 is 1.40 bits per heavy atom. The van der Waals surface area contributed by atoms with Crippen molar-refractivity contribution in [3.8, 4) is 0 Å². The molecule has 0 spiro atoms. The number of aromatic carboxylic acids is 1. The summed E-state index contributed by atoms with van der Waals surface area (Å²) in [5, 5.41) is 22.7. The van der Waals surface area contributed by atoms with Crippen molar-refractivity contribution in [1.29, 1.82) is 0 Å². The van der Waals surface area contributed by atoms with E-state index in [2.05, 4.69) is 5.32 Å². The Bertz CT molecular complexity index is 556. The monoisotopic (exact) mass is 281 g/mol. The fourth-order valence-electron chi connectivity index (χ4n) is 1.76. The van der Waals surface area contributed by atoms with Crippen molar-refractivity contribution in [2.24, 2.45) is 11.7 Å². The average Bonchev–Trinajstić information content (AvgIpc) is 2.34. The van der Waals surface area contributed by atoms with E-state index in [0.717, 1.165) is 6.07 Å². The van der Waals surface area contributed by atoms with E-state index in [-0.39, 0.29) is 11.6 Å². The standard InChI is InChI=1S/C12H15N3O5/c1-6(2)9(11(13)16)14-8-5-3-4-7(12(17)18)10(8)15(19)20/h3-6,9,14H,1-2H3,(H2,13,16)(H,17,18). The fraction of sp³-hybridized carbons (Fsp3) is 0.333. The van der Waals surface area contributed by atoms with Crippen LogP contribution in [0.5, 0.6) is 0 Å². The van der Waals surface area contributed by atoms with Gasteiger partial charge in [-0.3, -0.25) is 14.9 Å². The lowest BCUT2D eigenvalue weighted by Gasteiger charge is -2.20. The molecular formula is C12H15N3O5. The van der Waals surface area contributed by atoms with Gasteiger partial charge in [-0.2, -0.15) is 0 Å². The average molecular weight is 281 g/mol. The van der Waals surface area contributed by atoms with Gasteiger partial charge in [0, 0.05) is 0 Å². The number of nitrogens with one attached hydrogen (secondary N) is 1. The van der Waals surface area contributed by atoms with Crippen LogP contribution in [0.25, 0.3) is 0 Å². The van der Waals surface area contributed by atoms with Crippen molar-refractivity contribution < 1.29 is 19.6 Å². The lowest BCUT2D eigenvalue weighted by atomic mass is 10.0. The molecule has 20 heavy (non-hydrogen) atoms. The van der Waals surface area contributed by atoms with Crippen LogP contribution in [-0.4, -0.2) is 27.9 Å². The smallest absolute Gasteiger partial charge is 0.342 e. The molecule has 8 heteroatoms. The first kappa shape index (κ1) is 15.4.